The minimum absolute atomic E-state index is 0.143. The fourth-order valence-electron chi connectivity index (χ4n) is 3.95. The molecule has 0 heterocycles. The fraction of sp³-hybridized carbons (Fsp3) is 0.714. The van der Waals surface area contributed by atoms with E-state index in [9.17, 15) is 0 Å². The Kier molecular flexibility index (Phi) is 3.50. The van der Waals surface area contributed by atoms with Crippen LogP contribution in [0, 0.1) is 23.7 Å². The second-order valence-electron chi connectivity index (χ2n) is 5.31. The smallest absolute Gasteiger partial charge is 0.0212 e. The molecule has 0 nitrogen and oxygen atoms in total. The first-order chi connectivity index (χ1) is 7.29. The van der Waals surface area contributed by atoms with E-state index in [-0.39, 0.29) is 9.52 Å². The predicted molar refractivity (Wildman–Crippen MR) is 71.0 cm³/mol. The van der Waals surface area contributed by atoms with E-state index in [1.165, 1.54) is 12.8 Å². The molecule has 84 valence electrons. The zero-order valence-electron chi connectivity index (χ0n) is 10.3. The van der Waals surface area contributed by atoms with Gasteiger partial charge in [-0.1, -0.05) is 51.1 Å². The molecular formula is C14H24Si. The molecule has 5 atom stereocenters. The summed E-state index contributed by atoms with van der Waals surface area (Å²) in [6.45, 7) is 7.35. The summed E-state index contributed by atoms with van der Waals surface area (Å²) < 4.78 is 0. The van der Waals surface area contributed by atoms with Gasteiger partial charge in [-0.25, -0.2) is 0 Å². The van der Waals surface area contributed by atoms with Gasteiger partial charge in [-0.2, -0.15) is 0 Å². The molecule has 0 spiro atoms. The average molecular weight is 220 g/mol. The van der Waals surface area contributed by atoms with Crippen molar-refractivity contribution >= 4 is 9.52 Å². The molecule has 1 fully saturated rings. The molecule has 5 unspecified atom stereocenters. The van der Waals surface area contributed by atoms with Gasteiger partial charge in [0.05, 0.1) is 0 Å². The van der Waals surface area contributed by atoms with E-state index >= 15 is 0 Å². The van der Waals surface area contributed by atoms with Gasteiger partial charge in [0.1, 0.15) is 0 Å². The Bertz CT molecular complexity index is 267. The Morgan fingerprint density at radius 3 is 2.40 bits per heavy atom. The second-order valence-corrected chi connectivity index (χ2v) is 7.07. The van der Waals surface area contributed by atoms with Crippen LogP contribution in [-0.2, 0) is 0 Å². The Morgan fingerprint density at radius 2 is 1.80 bits per heavy atom. The van der Waals surface area contributed by atoms with Gasteiger partial charge < -0.3 is 0 Å². The van der Waals surface area contributed by atoms with Crippen molar-refractivity contribution in [1.82, 2.24) is 0 Å². The molecule has 2 aliphatic rings. The molecule has 2 aliphatic carbocycles. The van der Waals surface area contributed by atoms with Gasteiger partial charge in [-0.15, -0.1) is 0 Å². The zero-order valence-corrected chi connectivity index (χ0v) is 11.7. The Morgan fingerprint density at radius 1 is 1.13 bits per heavy atom. The number of allylic oxidation sites excluding steroid dienone is 4. The third-order valence-corrected chi connectivity index (χ3v) is 6.89. The van der Waals surface area contributed by atoms with Crippen molar-refractivity contribution in [3.05, 3.63) is 24.3 Å². The average Bonchev–Trinajstić information content (AvgIpc) is 2.53. The monoisotopic (exact) mass is 220 g/mol. The fourth-order valence-corrected chi connectivity index (χ4v) is 6.06. The second kappa shape index (κ2) is 4.69. The number of rotatable bonds is 3. The molecule has 0 N–H and O–H groups in total. The summed E-state index contributed by atoms with van der Waals surface area (Å²) in [5.41, 5.74) is 1.06. The van der Waals surface area contributed by atoms with Crippen molar-refractivity contribution in [2.45, 2.75) is 38.8 Å². The molecule has 0 saturated heterocycles. The largest absolute Gasteiger partial charge is 0.0808 e. The van der Waals surface area contributed by atoms with Crippen LogP contribution in [0.25, 0.3) is 0 Å². The van der Waals surface area contributed by atoms with Crippen LogP contribution in [0.2, 0.25) is 12.1 Å². The van der Waals surface area contributed by atoms with Crippen molar-refractivity contribution in [3.8, 4) is 0 Å². The minimum atomic E-state index is 0.143. The first-order valence-electron chi connectivity index (χ1n) is 6.64. The van der Waals surface area contributed by atoms with Gasteiger partial charge in [-0.05, 0) is 35.6 Å². The molecule has 0 aliphatic heterocycles. The lowest BCUT2D eigenvalue weighted by Crippen LogP contribution is -2.15. The maximum Gasteiger partial charge on any atom is 0.0212 e. The first-order valence-corrected chi connectivity index (χ1v) is 8.87. The van der Waals surface area contributed by atoms with E-state index < -0.39 is 0 Å². The molecule has 0 amide bonds. The van der Waals surface area contributed by atoms with Gasteiger partial charge in [0.15, 0.2) is 0 Å². The first kappa shape index (κ1) is 11.2. The predicted octanol–water partition coefficient (Wildman–Crippen LogP) is 3.42. The van der Waals surface area contributed by atoms with Crippen molar-refractivity contribution in [1.29, 1.82) is 0 Å². The van der Waals surface area contributed by atoms with Crippen LogP contribution in [0.15, 0.2) is 24.3 Å². The summed E-state index contributed by atoms with van der Waals surface area (Å²) >= 11 is 0. The van der Waals surface area contributed by atoms with E-state index in [1.807, 2.05) is 0 Å². The number of hydrogen-bond acceptors (Lipinski definition) is 0. The lowest BCUT2D eigenvalue weighted by Gasteiger charge is -2.23. The van der Waals surface area contributed by atoms with Crippen molar-refractivity contribution < 1.29 is 0 Å². The minimum Gasteiger partial charge on any atom is -0.0808 e. The van der Waals surface area contributed by atoms with E-state index in [1.54, 1.807) is 0 Å². The Hall–Kier alpha value is -0.303. The van der Waals surface area contributed by atoms with Gasteiger partial charge in [0, 0.05) is 9.52 Å². The van der Waals surface area contributed by atoms with E-state index in [2.05, 4.69) is 44.7 Å². The summed E-state index contributed by atoms with van der Waals surface area (Å²) in [4.78, 5) is 0. The van der Waals surface area contributed by atoms with Crippen LogP contribution in [-0.4, -0.2) is 9.52 Å². The number of hydrogen-bond donors (Lipinski definition) is 0. The SMILES string of the molecule is CCCC1C(C)C([SiH2]C)C2C=CC=CC21. The van der Waals surface area contributed by atoms with Crippen LogP contribution in [0.5, 0.6) is 0 Å². The van der Waals surface area contributed by atoms with Crippen LogP contribution in [0.3, 0.4) is 0 Å². The van der Waals surface area contributed by atoms with Crippen molar-refractivity contribution in [3.63, 3.8) is 0 Å². The Balaban J connectivity index is 2.20. The molecule has 15 heavy (non-hydrogen) atoms. The molecule has 0 aromatic rings. The molecule has 0 radical (unpaired) electrons. The highest BCUT2D eigenvalue weighted by molar-refractivity contribution is 6.36. The summed E-state index contributed by atoms with van der Waals surface area (Å²) in [7, 11) is 0.143. The standard InChI is InChI=1S/C14H24Si/c1-4-7-11-10(2)14(15-3)13-9-6-5-8-12(11)13/h5-6,8-14H,4,7,15H2,1-3H3. The van der Waals surface area contributed by atoms with Crippen molar-refractivity contribution in [2.75, 3.05) is 0 Å². The van der Waals surface area contributed by atoms with Crippen molar-refractivity contribution in [2.24, 2.45) is 23.7 Å². The molecular weight excluding hydrogens is 196 g/mol. The van der Waals surface area contributed by atoms with Gasteiger partial charge >= 0.3 is 0 Å². The topological polar surface area (TPSA) is 0 Å². The molecule has 1 heteroatoms. The third kappa shape index (κ3) is 1.87. The van der Waals surface area contributed by atoms with Gasteiger partial charge in [-0.3, -0.25) is 0 Å². The highest BCUT2D eigenvalue weighted by Crippen LogP contribution is 2.53. The Labute approximate surface area is 96.7 Å². The molecule has 2 rings (SSSR count). The number of fused-ring (bicyclic) bond motifs is 1. The normalized spacial score (nSPS) is 44.1. The summed E-state index contributed by atoms with van der Waals surface area (Å²) in [6.07, 6.45) is 12.3. The third-order valence-electron chi connectivity index (χ3n) is 4.66. The molecule has 0 aromatic carbocycles. The summed E-state index contributed by atoms with van der Waals surface area (Å²) in [5.74, 6) is 3.73. The lowest BCUT2D eigenvalue weighted by molar-refractivity contribution is 0.333. The molecule has 0 bridgehead atoms. The molecule has 0 aromatic heterocycles. The summed E-state index contributed by atoms with van der Waals surface area (Å²) in [6, 6.07) is 0. The maximum atomic E-state index is 2.52. The zero-order chi connectivity index (χ0) is 10.8. The quantitative estimate of drug-likeness (QED) is 0.639. The molecule has 1 saturated carbocycles. The van der Waals surface area contributed by atoms with Crippen LogP contribution in [0.1, 0.15) is 26.7 Å². The van der Waals surface area contributed by atoms with Crippen LogP contribution >= 0.6 is 0 Å². The highest BCUT2D eigenvalue weighted by Gasteiger charge is 2.44. The summed E-state index contributed by atoms with van der Waals surface area (Å²) in [5, 5.41) is 0. The van der Waals surface area contributed by atoms with E-state index in [0.29, 0.717) is 0 Å². The van der Waals surface area contributed by atoms with Gasteiger partial charge in [0.25, 0.3) is 0 Å². The van der Waals surface area contributed by atoms with Crippen LogP contribution in [0.4, 0.5) is 0 Å². The van der Waals surface area contributed by atoms with E-state index in [4.69, 9.17) is 0 Å². The van der Waals surface area contributed by atoms with E-state index in [0.717, 1.165) is 29.2 Å². The lowest BCUT2D eigenvalue weighted by atomic mass is 9.82. The highest BCUT2D eigenvalue weighted by atomic mass is 28.2. The van der Waals surface area contributed by atoms with Crippen LogP contribution < -0.4 is 0 Å². The van der Waals surface area contributed by atoms with Gasteiger partial charge in [0.2, 0.25) is 0 Å². The maximum absolute atomic E-state index is 2.52.